The molecule has 0 amide bonds. The molecule has 0 radical (unpaired) electrons. The molecule has 0 aliphatic carbocycles. The Labute approximate surface area is 90.3 Å². The van der Waals surface area contributed by atoms with E-state index in [1.54, 1.807) is 0 Å². The molecule has 1 saturated heterocycles. The van der Waals surface area contributed by atoms with Gasteiger partial charge in [-0.15, -0.1) is 0 Å². The standard InChI is InChI=1S/C8H13F2NO5/c1-8(11(13)14)5(10)4(3-9)16-7(15-2)6(8)12/h4-7,12H,3H2,1-2H3/t4-,5+,6+,7-,8+/m0/s1. The van der Waals surface area contributed by atoms with Crippen LogP contribution in [-0.4, -0.2) is 54.0 Å². The summed E-state index contributed by atoms with van der Waals surface area (Å²) in [6, 6.07) is 0. The van der Waals surface area contributed by atoms with Gasteiger partial charge in [0.2, 0.25) is 6.17 Å². The molecule has 6 nitrogen and oxygen atoms in total. The minimum absolute atomic E-state index is 0.902. The number of methoxy groups -OCH3 is 1. The van der Waals surface area contributed by atoms with Gasteiger partial charge in [0, 0.05) is 19.0 Å². The quantitative estimate of drug-likeness (QED) is 0.558. The van der Waals surface area contributed by atoms with Crippen molar-refractivity contribution in [1.29, 1.82) is 0 Å². The summed E-state index contributed by atoms with van der Waals surface area (Å²) in [5.41, 5.74) is -2.34. The van der Waals surface area contributed by atoms with Crippen molar-refractivity contribution in [2.24, 2.45) is 0 Å². The molecule has 1 aliphatic heterocycles. The summed E-state index contributed by atoms with van der Waals surface area (Å²) in [5, 5.41) is 20.4. The average molecular weight is 241 g/mol. The normalized spacial score (nSPS) is 44.3. The second-order valence-electron chi connectivity index (χ2n) is 3.76. The summed E-state index contributed by atoms with van der Waals surface area (Å²) in [4.78, 5) is 9.82. The van der Waals surface area contributed by atoms with Crippen LogP contribution in [0.15, 0.2) is 0 Å². The Morgan fingerprint density at radius 2 is 2.25 bits per heavy atom. The van der Waals surface area contributed by atoms with Crippen molar-refractivity contribution >= 4 is 0 Å². The third-order valence-corrected chi connectivity index (χ3v) is 2.83. The van der Waals surface area contributed by atoms with Gasteiger partial charge in [-0.05, 0) is 0 Å². The van der Waals surface area contributed by atoms with Gasteiger partial charge in [0.15, 0.2) is 12.4 Å². The van der Waals surface area contributed by atoms with Crippen LogP contribution in [0.4, 0.5) is 8.78 Å². The molecule has 1 fully saturated rings. The molecule has 0 bridgehead atoms. The van der Waals surface area contributed by atoms with E-state index in [1.165, 1.54) is 0 Å². The van der Waals surface area contributed by atoms with Crippen molar-refractivity contribution in [3.8, 4) is 0 Å². The molecule has 8 heteroatoms. The lowest BCUT2D eigenvalue weighted by atomic mass is 9.84. The fourth-order valence-corrected chi connectivity index (χ4v) is 1.64. The number of rotatable bonds is 3. The van der Waals surface area contributed by atoms with Gasteiger partial charge in [0.25, 0.3) is 5.54 Å². The number of aliphatic hydroxyl groups is 1. The summed E-state index contributed by atoms with van der Waals surface area (Å²) in [7, 11) is 1.13. The van der Waals surface area contributed by atoms with E-state index in [-0.39, 0.29) is 0 Å². The zero-order chi connectivity index (χ0) is 12.5. The van der Waals surface area contributed by atoms with Crippen molar-refractivity contribution in [3.63, 3.8) is 0 Å². The number of alkyl halides is 2. The van der Waals surface area contributed by atoms with Gasteiger partial charge < -0.3 is 14.6 Å². The Morgan fingerprint density at radius 3 is 2.62 bits per heavy atom. The molecule has 0 unspecified atom stereocenters. The van der Waals surface area contributed by atoms with Crippen LogP contribution in [-0.2, 0) is 9.47 Å². The molecule has 1 N–H and O–H groups in total. The van der Waals surface area contributed by atoms with E-state index in [2.05, 4.69) is 4.74 Å². The molecule has 0 aromatic heterocycles. The predicted octanol–water partition coefficient (Wildman–Crippen LogP) is 0.0616. The summed E-state index contributed by atoms with van der Waals surface area (Å²) >= 11 is 0. The zero-order valence-electron chi connectivity index (χ0n) is 8.80. The zero-order valence-corrected chi connectivity index (χ0v) is 8.80. The average Bonchev–Trinajstić information content (AvgIpc) is 2.26. The molecule has 16 heavy (non-hydrogen) atoms. The Balaban J connectivity index is 3.06. The van der Waals surface area contributed by atoms with Gasteiger partial charge in [-0.25, -0.2) is 8.78 Å². The van der Waals surface area contributed by atoms with Gasteiger partial charge in [-0.2, -0.15) is 0 Å². The van der Waals surface area contributed by atoms with Crippen molar-refractivity contribution in [1.82, 2.24) is 0 Å². The van der Waals surface area contributed by atoms with E-state index < -0.39 is 41.8 Å². The Kier molecular flexibility index (Phi) is 3.76. The van der Waals surface area contributed by atoms with E-state index in [4.69, 9.17) is 4.74 Å². The first-order valence-corrected chi connectivity index (χ1v) is 4.60. The lowest BCUT2D eigenvalue weighted by Crippen LogP contribution is -2.67. The van der Waals surface area contributed by atoms with E-state index >= 15 is 0 Å². The SMILES string of the molecule is CO[C@H]1O[C@@H](CF)[C@@H](F)[C@@](C)([N+](=O)[O-])[C@@H]1O. The highest BCUT2D eigenvalue weighted by atomic mass is 19.1. The summed E-state index contributed by atoms with van der Waals surface area (Å²) in [6.07, 6.45) is -7.06. The van der Waals surface area contributed by atoms with Crippen LogP contribution in [0.5, 0.6) is 0 Å². The van der Waals surface area contributed by atoms with Crippen LogP contribution in [0.1, 0.15) is 6.92 Å². The summed E-state index contributed by atoms with van der Waals surface area (Å²) < 4.78 is 35.5. The highest BCUT2D eigenvalue weighted by molar-refractivity contribution is 4.99. The van der Waals surface area contributed by atoms with Crippen molar-refractivity contribution < 1.29 is 28.3 Å². The lowest BCUT2D eigenvalue weighted by molar-refractivity contribution is -0.605. The smallest absolute Gasteiger partial charge is 0.283 e. The first-order valence-electron chi connectivity index (χ1n) is 4.60. The first kappa shape index (κ1) is 13.2. The Hall–Kier alpha value is -0.860. The second-order valence-corrected chi connectivity index (χ2v) is 3.76. The lowest BCUT2D eigenvalue weighted by Gasteiger charge is -2.41. The van der Waals surface area contributed by atoms with Crippen molar-refractivity contribution in [3.05, 3.63) is 10.1 Å². The summed E-state index contributed by atoms with van der Waals surface area (Å²) in [5.74, 6) is 0. The molecular weight excluding hydrogens is 228 g/mol. The molecule has 0 saturated carbocycles. The molecule has 94 valence electrons. The van der Waals surface area contributed by atoms with Crippen LogP contribution in [0.25, 0.3) is 0 Å². The minimum Gasteiger partial charge on any atom is -0.381 e. The molecule has 5 atom stereocenters. The molecule has 1 aliphatic rings. The molecule has 1 rings (SSSR count). The second kappa shape index (κ2) is 4.56. The van der Waals surface area contributed by atoms with Crippen LogP contribution >= 0.6 is 0 Å². The molecule has 0 aromatic rings. The highest BCUT2D eigenvalue weighted by Crippen LogP contribution is 2.34. The van der Waals surface area contributed by atoms with Crippen molar-refractivity contribution in [2.45, 2.75) is 37.1 Å². The highest BCUT2D eigenvalue weighted by Gasteiger charge is 2.63. The Bertz CT molecular complexity index is 261. The number of hydrogen-bond acceptors (Lipinski definition) is 5. The fourth-order valence-electron chi connectivity index (χ4n) is 1.64. The number of hydrogen-bond donors (Lipinski definition) is 1. The van der Waals surface area contributed by atoms with Gasteiger partial charge in [0.05, 0.1) is 0 Å². The first-order chi connectivity index (χ1) is 7.39. The largest absolute Gasteiger partial charge is 0.381 e. The van der Waals surface area contributed by atoms with Crippen LogP contribution < -0.4 is 0 Å². The van der Waals surface area contributed by atoms with Crippen molar-refractivity contribution in [2.75, 3.05) is 13.8 Å². The molecule has 0 spiro atoms. The van der Waals surface area contributed by atoms with E-state index in [9.17, 15) is 24.0 Å². The third-order valence-electron chi connectivity index (χ3n) is 2.83. The monoisotopic (exact) mass is 241 g/mol. The van der Waals surface area contributed by atoms with E-state index in [0.29, 0.717) is 0 Å². The third kappa shape index (κ3) is 1.76. The number of aliphatic hydroxyl groups excluding tert-OH is 1. The van der Waals surface area contributed by atoms with Crippen LogP contribution in [0.2, 0.25) is 0 Å². The predicted molar refractivity (Wildman–Crippen MR) is 47.9 cm³/mol. The number of nitro groups is 1. The van der Waals surface area contributed by atoms with E-state index in [0.717, 1.165) is 14.0 Å². The molecular formula is C8H13F2NO5. The van der Waals surface area contributed by atoms with Gasteiger partial charge in [-0.1, -0.05) is 0 Å². The van der Waals surface area contributed by atoms with Gasteiger partial charge >= 0.3 is 0 Å². The molecule has 1 heterocycles. The number of ether oxygens (including phenoxy) is 2. The van der Waals surface area contributed by atoms with Gasteiger partial charge in [-0.3, -0.25) is 10.1 Å². The van der Waals surface area contributed by atoms with Crippen LogP contribution in [0, 0.1) is 10.1 Å². The van der Waals surface area contributed by atoms with E-state index in [1.807, 2.05) is 0 Å². The maximum atomic E-state index is 13.7. The van der Waals surface area contributed by atoms with Crippen LogP contribution in [0.3, 0.4) is 0 Å². The minimum atomic E-state index is -2.34. The topological polar surface area (TPSA) is 81.8 Å². The Morgan fingerprint density at radius 1 is 1.69 bits per heavy atom. The van der Waals surface area contributed by atoms with Gasteiger partial charge in [0.1, 0.15) is 12.8 Å². The number of halogens is 2. The number of nitrogens with zero attached hydrogens (tertiary/aromatic N) is 1. The maximum absolute atomic E-state index is 13.7. The fraction of sp³-hybridized carbons (Fsp3) is 1.00. The maximum Gasteiger partial charge on any atom is 0.283 e. The molecule has 0 aromatic carbocycles. The summed E-state index contributed by atoms with van der Waals surface area (Å²) in [6.45, 7) is -0.323.